The lowest BCUT2D eigenvalue weighted by Gasteiger charge is -2.05. The summed E-state index contributed by atoms with van der Waals surface area (Å²) in [4.78, 5) is 16.4. The van der Waals surface area contributed by atoms with Crippen LogP contribution in [0.3, 0.4) is 0 Å². The average molecular weight is 248 g/mol. The number of nitrogens with zero attached hydrogens (tertiary/aromatic N) is 4. The van der Waals surface area contributed by atoms with E-state index in [-0.39, 0.29) is 5.95 Å². The molecule has 2 aromatic rings. The van der Waals surface area contributed by atoms with Gasteiger partial charge in [-0.1, -0.05) is 0 Å². The van der Waals surface area contributed by atoms with Crippen LogP contribution in [0, 0.1) is 0 Å². The van der Waals surface area contributed by atoms with Gasteiger partial charge in [-0.05, 0) is 18.7 Å². The molecular formula is C10H12N6S. The molecule has 0 saturated carbocycles. The van der Waals surface area contributed by atoms with Crippen molar-refractivity contribution in [2.45, 2.75) is 17.0 Å². The standard InChI is InChI=1S/C10H12N6S/c1-2-13-7-5-8(16-10(11)15-7)17-9-6-12-3-4-14-9/h3-6H,2H2,1H3,(H3,11,13,15,16). The number of nitrogens with one attached hydrogen (secondary N) is 1. The molecule has 0 aliphatic carbocycles. The summed E-state index contributed by atoms with van der Waals surface area (Å²) in [5.74, 6) is 0.959. The summed E-state index contributed by atoms with van der Waals surface area (Å²) in [5.41, 5.74) is 5.63. The Hall–Kier alpha value is -1.89. The third-order valence-electron chi connectivity index (χ3n) is 1.83. The zero-order chi connectivity index (χ0) is 12.1. The first-order chi connectivity index (χ1) is 8.28. The van der Waals surface area contributed by atoms with E-state index in [9.17, 15) is 0 Å². The van der Waals surface area contributed by atoms with Gasteiger partial charge in [0.05, 0.1) is 6.20 Å². The Morgan fingerprint density at radius 3 is 2.88 bits per heavy atom. The van der Waals surface area contributed by atoms with Gasteiger partial charge in [-0.25, -0.2) is 9.97 Å². The van der Waals surface area contributed by atoms with E-state index in [0.717, 1.165) is 16.6 Å². The molecule has 0 fully saturated rings. The van der Waals surface area contributed by atoms with E-state index in [2.05, 4.69) is 25.3 Å². The van der Waals surface area contributed by atoms with Crippen molar-refractivity contribution in [3.8, 4) is 0 Å². The third kappa shape index (κ3) is 3.28. The lowest BCUT2D eigenvalue weighted by atomic mass is 10.5. The molecule has 0 radical (unpaired) electrons. The van der Waals surface area contributed by atoms with Crippen molar-refractivity contribution >= 4 is 23.5 Å². The highest BCUT2D eigenvalue weighted by Crippen LogP contribution is 2.25. The zero-order valence-corrected chi connectivity index (χ0v) is 10.1. The number of nitrogen functional groups attached to an aromatic ring is 1. The Morgan fingerprint density at radius 1 is 1.29 bits per heavy atom. The number of nitrogens with two attached hydrogens (primary N) is 1. The van der Waals surface area contributed by atoms with Crippen molar-refractivity contribution in [2.75, 3.05) is 17.6 Å². The van der Waals surface area contributed by atoms with Crippen LogP contribution in [0.1, 0.15) is 6.92 Å². The van der Waals surface area contributed by atoms with Crippen molar-refractivity contribution < 1.29 is 0 Å². The average Bonchev–Trinajstić information content (AvgIpc) is 2.30. The van der Waals surface area contributed by atoms with Gasteiger partial charge in [-0.2, -0.15) is 4.98 Å². The largest absolute Gasteiger partial charge is 0.370 e. The first-order valence-corrected chi connectivity index (χ1v) is 5.92. The first-order valence-electron chi connectivity index (χ1n) is 5.10. The summed E-state index contributed by atoms with van der Waals surface area (Å²) in [6.07, 6.45) is 4.94. The fourth-order valence-electron chi connectivity index (χ4n) is 1.21. The molecule has 0 saturated heterocycles. The van der Waals surface area contributed by atoms with Gasteiger partial charge in [0.15, 0.2) is 0 Å². The highest BCUT2D eigenvalue weighted by atomic mass is 32.2. The minimum atomic E-state index is 0.245. The molecule has 88 valence electrons. The molecule has 0 spiro atoms. The molecular weight excluding hydrogens is 236 g/mol. The van der Waals surface area contributed by atoms with Gasteiger partial charge in [-0.3, -0.25) is 4.98 Å². The van der Waals surface area contributed by atoms with Gasteiger partial charge >= 0.3 is 0 Å². The van der Waals surface area contributed by atoms with Crippen LogP contribution < -0.4 is 11.1 Å². The Morgan fingerprint density at radius 2 is 2.18 bits per heavy atom. The van der Waals surface area contributed by atoms with Crippen LogP contribution >= 0.6 is 11.8 Å². The van der Waals surface area contributed by atoms with E-state index in [4.69, 9.17) is 5.73 Å². The second-order valence-electron chi connectivity index (χ2n) is 3.13. The molecule has 0 aromatic carbocycles. The topological polar surface area (TPSA) is 89.6 Å². The smallest absolute Gasteiger partial charge is 0.223 e. The third-order valence-corrected chi connectivity index (χ3v) is 2.66. The second kappa shape index (κ2) is 5.44. The highest BCUT2D eigenvalue weighted by molar-refractivity contribution is 7.99. The lowest BCUT2D eigenvalue weighted by molar-refractivity contribution is 1.02. The van der Waals surface area contributed by atoms with Gasteiger partial charge in [0.2, 0.25) is 5.95 Å². The Labute approximate surface area is 103 Å². The number of rotatable bonds is 4. The fraction of sp³-hybridized carbons (Fsp3) is 0.200. The van der Waals surface area contributed by atoms with Crippen molar-refractivity contribution in [2.24, 2.45) is 0 Å². The maximum Gasteiger partial charge on any atom is 0.223 e. The molecule has 6 nitrogen and oxygen atoms in total. The van der Waals surface area contributed by atoms with Crippen LogP contribution in [0.15, 0.2) is 34.7 Å². The van der Waals surface area contributed by atoms with Crippen molar-refractivity contribution in [3.63, 3.8) is 0 Å². The predicted octanol–water partition coefficient (Wildman–Crippen LogP) is 1.43. The zero-order valence-electron chi connectivity index (χ0n) is 9.29. The molecule has 0 bridgehead atoms. The molecule has 17 heavy (non-hydrogen) atoms. The molecule has 0 aliphatic heterocycles. The van der Waals surface area contributed by atoms with Gasteiger partial charge in [-0.15, -0.1) is 0 Å². The number of hydrogen-bond donors (Lipinski definition) is 2. The van der Waals surface area contributed by atoms with Gasteiger partial charge in [0, 0.05) is 25.0 Å². The monoisotopic (exact) mass is 248 g/mol. The van der Waals surface area contributed by atoms with E-state index >= 15 is 0 Å². The first kappa shape index (κ1) is 11.6. The maximum absolute atomic E-state index is 5.63. The highest BCUT2D eigenvalue weighted by Gasteiger charge is 2.04. The Kier molecular flexibility index (Phi) is 3.71. The van der Waals surface area contributed by atoms with E-state index < -0.39 is 0 Å². The summed E-state index contributed by atoms with van der Waals surface area (Å²) < 4.78 is 0. The summed E-state index contributed by atoms with van der Waals surface area (Å²) in [7, 11) is 0. The van der Waals surface area contributed by atoms with Gasteiger partial charge in [0.25, 0.3) is 0 Å². The van der Waals surface area contributed by atoms with Crippen LogP contribution in [-0.4, -0.2) is 26.5 Å². The minimum absolute atomic E-state index is 0.245. The number of hydrogen-bond acceptors (Lipinski definition) is 7. The van der Waals surface area contributed by atoms with Crippen LogP contribution in [0.4, 0.5) is 11.8 Å². The Bertz CT molecular complexity index is 489. The molecule has 0 amide bonds. The minimum Gasteiger partial charge on any atom is -0.370 e. The van der Waals surface area contributed by atoms with E-state index in [0.29, 0.717) is 5.82 Å². The van der Waals surface area contributed by atoms with Crippen LogP contribution in [0.5, 0.6) is 0 Å². The summed E-state index contributed by atoms with van der Waals surface area (Å²) in [6, 6.07) is 1.83. The molecule has 0 aliphatic rings. The maximum atomic E-state index is 5.63. The van der Waals surface area contributed by atoms with Crippen molar-refractivity contribution in [1.29, 1.82) is 0 Å². The second-order valence-corrected chi connectivity index (χ2v) is 4.17. The van der Waals surface area contributed by atoms with E-state index in [1.54, 1.807) is 18.6 Å². The molecule has 2 aromatic heterocycles. The molecule has 3 N–H and O–H groups in total. The van der Waals surface area contributed by atoms with Crippen LogP contribution in [0.2, 0.25) is 0 Å². The summed E-state index contributed by atoms with van der Waals surface area (Å²) in [6.45, 7) is 2.78. The van der Waals surface area contributed by atoms with Gasteiger partial charge < -0.3 is 11.1 Å². The quantitative estimate of drug-likeness (QED) is 0.791. The van der Waals surface area contributed by atoms with Crippen molar-refractivity contribution in [1.82, 2.24) is 19.9 Å². The molecule has 2 heterocycles. The summed E-state index contributed by atoms with van der Waals surface area (Å²) in [5, 5.41) is 4.61. The van der Waals surface area contributed by atoms with Crippen LogP contribution in [0.25, 0.3) is 0 Å². The van der Waals surface area contributed by atoms with Crippen LogP contribution in [-0.2, 0) is 0 Å². The molecule has 0 atom stereocenters. The van der Waals surface area contributed by atoms with E-state index in [1.807, 2.05) is 13.0 Å². The fourth-order valence-corrected chi connectivity index (χ4v) is 1.96. The molecule has 2 rings (SSSR count). The normalized spacial score (nSPS) is 10.2. The SMILES string of the molecule is CCNc1cc(Sc2cnccn2)nc(N)n1. The predicted molar refractivity (Wildman–Crippen MR) is 66.8 cm³/mol. The number of aromatic nitrogens is 4. The van der Waals surface area contributed by atoms with Crippen molar-refractivity contribution in [3.05, 3.63) is 24.7 Å². The summed E-state index contributed by atoms with van der Waals surface area (Å²) >= 11 is 1.40. The Balaban J connectivity index is 2.21. The lowest BCUT2D eigenvalue weighted by Crippen LogP contribution is -2.03. The number of anilines is 2. The molecule has 7 heteroatoms. The van der Waals surface area contributed by atoms with Gasteiger partial charge in [0.1, 0.15) is 15.9 Å². The van der Waals surface area contributed by atoms with E-state index in [1.165, 1.54) is 11.8 Å². The molecule has 0 unspecified atom stereocenters.